The molecule has 4 N–H and O–H groups in total. The van der Waals surface area contributed by atoms with E-state index in [4.69, 9.17) is 9.47 Å². The molecule has 0 heterocycles. The van der Waals surface area contributed by atoms with Crippen molar-refractivity contribution in [3.8, 4) is 0 Å². The van der Waals surface area contributed by atoms with Crippen molar-refractivity contribution >= 4 is 12.2 Å². The molecule has 0 bridgehead atoms. The molecule has 62 heavy (non-hydrogen) atoms. The molecule has 10 nitrogen and oxygen atoms in total. The molecule has 2 atom stereocenters. The van der Waals surface area contributed by atoms with Gasteiger partial charge < -0.3 is 30.3 Å². The van der Waals surface area contributed by atoms with Crippen LogP contribution in [0.5, 0.6) is 0 Å². The number of hydrogen-bond acceptors (Lipinski definition) is 8. The van der Waals surface area contributed by atoms with Crippen molar-refractivity contribution in [2.45, 2.75) is 259 Å². The summed E-state index contributed by atoms with van der Waals surface area (Å²) in [6, 6.07) is 0. The average Bonchev–Trinajstić information content (AvgIpc) is 3.19. The van der Waals surface area contributed by atoms with E-state index in [0.29, 0.717) is 39.3 Å². The van der Waals surface area contributed by atoms with Crippen molar-refractivity contribution in [1.82, 2.24) is 20.4 Å². The Labute approximate surface area is 383 Å². The van der Waals surface area contributed by atoms with Crippen molar-refractivity contribution in [1.29, 1.82) is 0 Å². The van der Waals surface area contributed by atoms with Crippen LogP contribution in [-0.4, -0.2) is 108 Å². The number of aliphatic hydroxyl groups excluding tert-OH is 2. The minimum atomic E-state index is -0.538. The Bertz CT molecular complexity index is 965. The van der Waals surface area contributed by atoms with Crippen LogP contribution in [0.3, 0.4) is 0 Å². The van der Waals surface area contributed by atoms with Crippen LogP contribution < -0.4 is 10.6 Å². The lowest BCUT2D eigenvalue weighted by Crippen LogP contribution is -2.37. The minimum Gasteiger partial charge on any atom is -0.444 e. The Balaban J connectivity index is 5.07. The number of carbonyl (C=O) groups excluding carboxylic acids is 2. The minimum absolute atomic E-state index is 0.394. The summed E-state index contributed by atoms with van der Waals surface area (Å²) in [5, 5.41) is 27.9. The molecule has 0 aliphatic heterocycles. The molecule has 0 radical (unpaired) electrons. The Kier molecular flexibility index (Phi) is 39.4. The first-order valence-corrected chi connectivity index (χ1v) is 26.0. The lowest BCUT2D eigenvalue weighted by molar-refractivity contribution is 0.0512. The summed E-state index contributed by atoms with van der Waals surface area (Å²) in [7, 11) is 0. The van der Waals surface area contributed by atoms with Gasteiger partial charge in [-0.25, -0.2) is 9.59 Å². The van der Waals surface area contributed by atoms with Gasteiger partial charge in [-0.05, 0) is 67.2 Å². The Morgan fingerprint density at radius 2 is 0.742 bits per heavy atom. The van der Waals surface area contributed by atoms with E-state index in [1.165, 1.54) is 141 Å². The third-order valence-electron chi connectivity index (χ3n) is 11.3. The number of amides is 2. The number of carbonyl (C=O) groups is 2. The standard InChI is InChI=1S/C52H104N4O6/c1-9-11-13-15-17-19-21-23-25-27-29-31-37-47(57)45-55(43-35-39-53-49(59)61-51(3,4)5)41-33-34-42-56(44-36-40-54-50(60)62-52(6,7)8)46-48(58)38-32-30-28-26-24-22-20-18-16-14-12-10-2/h33-34,47-48,57-58H,9-32,35-46H2,1-8H3,(H,53,59)(H,54,60)/b34-33+. The zero-order chi connectivity index (χ0) is 46.2. The van der Waals surface area contributed by atoms with Crippen LogP contribution in [-0.2, 0) is 9.47 Å². The molecular weight excluding hydrogens is 777 g/mol. The van der Waals surface area contributed by atoms with Crippen molar-refractivity contribution in [3.05, 3.63) is 12.2 Å². The molecule has 368 valence electrons. The summed E-state index contributed by atoms with van der Waals surface area (Å²) in [4.78, 5) is 29.0. The van der Waals surface area contributed by atoms with Crippen LogP contribution in [0.4, 0.5) is 9.59 Å². The molecule has 0 aliphatic carbocycles. The van der Waals surface area contributed by atoms with Crippen LogP contribution in [0.15, 0.2) is 12.2 Å². The molecule has 0 saturated carbocycles. The second kappa shape index (κ2) is 40.6. The molecule has 0 aromatic carbocycles. The highest BCUT2D eigenvalue weighted by atomic mass is 16.6. The number of unbranched alkanes of at least 4 members (excludes halogenated alkanes) is 22. The average molecular weight is 881 g/mol. The van der Waals surface area contributed by atoms with Gasteiger partial charge in [0.2, 0.25) is 0 Å². The highest BCUT2D eigenvalue weighted by molar-refractivity contribution is 5.67. The summed E-state index contributed by atoms with van der Waals surface area (Å²) in [6.45, 7) is 20.8. The first-order valence-electron chi connectivity index (χ1n) is 26.0. The molecule has 2 unspecified atom stereocenters. The molecule has 0 rings (SSSR count). The van der Waals surface area contributed by atoms with Crippen LogP contribution in [0.1, 0.15) is 235 Å². The van der Waals surface area contributed by atoms with E-state index < -0.39 is 35.6 Å². The number of alkyl carbamates (subject to hydrolysis) is 2. The monoisotopic (exact) mass is 881 g/mol. The van der Waals surface area contributed by atoms with Crippen LogP contribution in [0.25, 0.3) is 0 Å². The number of hydrogen-bond donors (Lipinski definition) is 4. The quantitative estimate of drug-likeness (QED) is 0.0353. The van der Waals surface area contributed by atoms with Crippen molar-refractivity contribution in [2.75, 3.05) is 52.4 Å². The summed E-state index contributed by atoms with van der Waals surface area (Å²) in [5.41, 5.74) is -1.08. The second-order valence-corrected chi connectivity index (χ2v) is 20.2. The van der Waals surface area contributed by atoms with Gasteiger partial charge in [0.05, 0.1) is 12.2 Å². The van der Waals surface area contributed by atoms with Crippen molar-refractivity contribution in [3.63, 3.8) is 0 Å². The normalized spacial score (nSPS) is 13.3. The largest absolute Gasteiger partial charge is 0.444 e. The van der Waals surface area contributed by atoms with Crippen molar-refractivity contribution < 1.29 is 29.3 Å². The number of nitrogens with one attached hydrogen (secondary N) is 2. The van der Waals surface area contributed by atoms with Crippen LogP contribution in [0.2, 0.25) is 0 Å². The molecule has 0 fully saturated rings. The first kappa shape index (κ1) is 60.1. The topological polar surface area (TPSA) is 124 Å². The maximum Gasteiger partial charge on any atom is 0.407 e. The molecule has 10 heteroatoms. The fourth-order valence-corrected chi connectivity index (χ4v) is 7.80. The molecule has 0 aromatic heterocycles. The van der Waals surface area contributed by atoms with Gasteiger partial charge in [0.25, 0.3) is 0 Å². The second-order valence-electron chi connectivity index (χ2n) is 20.2. The van der Waals surface area contributed by atoms with E-state index >= 15 is 0 Å². The Morgan fingerprint density at radius 1 is 0.468 bits per heavy atom. The van der Waals surface area contributed by atoms with E-state index in [9.17, 15) is 19.8 Å². The summed E-state index contributed by atoms with van der Waals surface area (Å²) < 4.78 is 10.8. The number of rotatable bonds is 42. The summed E-state index contributed by atoms with van der Waals surface area (Å²) in [5.74, 6) is 0. The van der Waals surface area contributed by atoms with E-state index in [1.807, 2.05) is 41.5 Å². The lowest BCUT2D eigenvalue weighted by atomic mass is 10.0. The van der Waals surface area contributed by atoms with Crippen LogP contribution in [0, 0.1) is 0 Å². The van der Waals surface area contributed by atoms with Gasteiger partial charge in [0.15, 0.2) is 0 Å². The summed E-state index contributed by atoms with van der Waals surface area (Å²) in [6.07, 6.45) is 37.1. The summed E-state index contributed by atoms with van der Waals surface area (Å²) >= 11 is 0. The maximum atomic E-state index is 12.2. The van der Waals surface area contributed by atoms with E-state index in [0.717, 1.165) is 51.6 Å². The lowest BCUT2D eigenvalue weighted by Gasteiger charge is -2.26. The third kappa shape index (κ3) is 44.7. The zero-order valence-electron chi connectivity index (χ0n) is 42.2. The SMILES string of the molecule is CCCCCCCCCCCCCCC(O)CN(C/C=C/CN(CCCNC(=O)OC(C)(C)C)CC(O)CCCCCCCCCCCCCC)CCCNC(=O)OC(C)(C)C. The van der Waals surface area contributed by atoms with Gasteiger partial charge in [-0.1, -0.05) is 180 Å². The van der Waals surface area contributed by atoms with E-state index in [2.05, 4.69) is 46.4 Å². The fraction of sp³-hybridized carbons (Fsp3) is 0.923. The highest BCUT2D eigenvalue weighted by Crippen LogP contribution is 2.16. The Hall–Kier alpha value is -1.88. The predicted molar refractivity (Wildman–Crippen MR) is 263 cm³/mol. The van der Waals surface area contributed by atoms with Gasteiger partial charge in [-0.2, -0.15) is 0 Å². The maximum absolute atomic E-state index is 12.2. The van der Waals surface area contributed by atoms with Gasteiger partial charge >= 0.3 is 12.2 Å². The fourth-order valence-electron chi connectivity index (χ4n) is 7.80. The molecular formula is C52H104N4O6. The predicted octanol–water partition coefficient (Wildman–Crippen LogP) is 12.9. The van der Waals surface area contributed by atoms with Gasteiger partial charge in [0, 0.05) is 52.4 Å². The van der Waals surface area contributed by atoms with Gasteiger partial charge in [0.1, 0.15) is 11.2 Å². The molecule has 0 aliphatic rings. The first-order chi connectivity index (χ1) is 29.6. The molecule has 0 saturated heterocycles. The molecule has 2 amide bonds. The number of aliphatic hydroxyl groups is 2. The number of nitrogens with zero attached hydrogens (tertiary/aromatic N) is 2. The van der Waals surface area contributed by atoms with Crippen molar-refractivity contribution in [2.24, 2.45) is 0 Å². The third-order valence-corrected chi connectivity index (χ3v) is 11.3. The molecule has 0 aromatic rings. The van der Waals surface area contributed by atoms with E-state index in [-0.39, 0.29) is 0 Å². The van der Waals surface area contributed by atoms with E-state index in [1.54, 1.807) is 0 Å². The Morgan fingerprint density at radius 3 is 1.02 bits per heavy atom. The van der Waals surface area contributed by atoms with Gasteiger partial charge in [-0.3, -0.25) is 9.80 Å². The smallest absolute Gasteiger partial charge is 0.407 e. The van der Waals surface area contributed by atoms with Gasteiger partial charge in [-0.15, -0.1) is 0 Å². The molecule has 0 spiro atoms. The zero-order valence-corrected chi connectivity index (χ0v) is 42.2. The number of ether oxygens (including phenoxy) is 2. The van der Waals surface area contributed by atoms with Crippen LogP contribution >= 0.6 is 0 Å². The highest BCUT2D eigenvalue weighted by Gasteiger charge is 2.18.